The Morgan fingerprint density at radius 2 is 1.67 bits per heavy atom. The standard InChI is InChI=1S/C11H18O4/c12-9-7-10-3-1-5-13-11(10,15-8-9)14-6-2-4-10/h9,12H,1-8H2. The lowest BCUT2D eigenvalue weighted by atomic mass is 9.69. The van der Waals surface area contributed by atoms with Crippen LogP contribution in [0.3, 0.4) is 0 Å². The Kier molecular flexibility index (Phi) is 2.28. The quantitative estimate of drug-likeness (QED) is 0.654. The van der Waals surface area contributed by atoms with Crippen molar-refractivity contribution >= 4 is 0 Å². The van der Waals surface area contributed by atoms with E-state index in [1.54, 1.807) is 0 Å². The molecule has 0 bridgehead atoms. The topological polar surface area (TPSA) is 47.9 Å². The van der Waals surface area contributed by atoms with Gasteiger partial charge in [-0.3, -0.25) is 0 Å². The van der Waals surface area contributed by atoms with Crippen molar-refractivity contribution in [3.8, 4) is 0 Å². The molecule has 1 N–H and O–H groups in total. The Hall–Kier alpha value is -0.160. The summed E-state index contributed by atoms with van der Waals surface area (Å²) in [6, 6.07) is 0. The Balaban J connectivity index is 1.93. The van der Waals surface area contributed by atoms with Crippen molar-refractivity contribution in [2.24, 2.45) is 5.41 Å². The molecule has 0 aliphatic carbocycles. The minimum Gasteiger partial charge on any atom is -0.391 e. The Morgan fingerprint density at radius 3 is 2.33 bits per heavy atom. The van der Waals surface area contributed by atoms with Crippen LogP contribution in [-0.4, -0.2) is 37.0 Å². The third kappa shape index (κ3) is 1.35. The third-order valence-electron chi connectivity index (χ3n) is 3.93. The lowest BCUT2D eigenvalue weighted by molar-refractivity contribution is -0.476. The SMILES string of the molecule is OC1COC23OCCCC2(CCCO3)C1. The molecule has 3 saturated heterocycles. The van der Waals surface area contributed by atoms with Crippen molar-refractivity contribution in [1.29, 1.82) is 0 Å². The molecule has 3 aliphatic rings. The first kappa shape index (κ1) is 10.0. The zero-order valence-electron chi connectivity index (χ0n) is 8.91. The molecule has 0 aromatic heterocycles. The highest BCUT2D eigenvalue weighted by molar-refractivity contribution is 4.97. The van der Waals surface area contributed by atoms with E-state index in [1.165, 1.54) is 0 Å². The predicted octanol–water partition coefficient (Wildman–Crippen LogP) is 1.03. The van der Waals surface area contributed by atoms with Gasteiger partial charge in [0.25, 0.3) is 5.97 Å². The first-order valence-electron chi connectivity index (χ1n) is 5.86. The highest BCUT2D eigenvalue weighted by atomic mass is 16.9. The highest BCUT2D eigenvalue weighted by Gasteiger charge is 2.61. The van der Waals surface area contributed by atoms with Crippen LogP contribution in [0.15, 0.2) is 0 Å². The summed E-state index contributed by atoms with van der Waals surface area (Å²) in [7, 11) is 0. The van der Waals surface area contributed by atoms with E-state index in [0.717, 1.165) is 32.1 Å². The van der Waals surface area contributed by atoms with Crippen molar-refractivity contribution in [3.05, 3.63) is 0 Å². The van der Waals surface area contributed by atoms with Crippen LogP contribution in [0.5, 0.6) is 0 Å². The average Bonchev–Trinajstić information content (AvgIpc) is 2.27. The van der Waals surface area contributed by atoms with E-state index in [4.69, 9.17) is 14.2 Å². The summed E-state index contributed by atoms with van der Waals surface area (Å²) >= 11 is 0. The fraction of sp³-hybridized carbons (Fsp3) is 1.00. The first-order valence-corrected chi connectivity index (χ1v) is 5.86. The summed E-state index contributed by atoms with van der Waals surface area (Å²) in [5, 5.41) is 9.74. The summed E-state index contributed by atoms with van der Waals surface area (Å²) in [4.78, 5) is 0. The van der Waals surface area contributed by atoms with Crippen molar-refractivity contribution in [1.82, 2.24) is 0 Å². The van der Waals surface area contributed by atoms with Crippen LogP contribution in [-0.2, 0) is 14.2 Å². The molecular weight excluding hydrogens is 196 g/mol. The van der Waals surface area contributed by atoms with Crippen LogP contribution in [0.4, 0.5) is 0 Å². The maximum atomic E-state index is 9.74. The Bertz CT molecular complexity index is 241. The van der Waals surface area contributed by atoms with Gasteiger partial charge in [-0.15, -0.1) is 0 Å². The minimum atomic E-state index is -0.831. The summed E-state index contributed by atoms with van der Waals surface area (Å²) in [5.41, 5.74) is -0.0961. The molecular formula is C11H18O4. The van der Waals surface area contributed by atoms with E-state index < -0.39 is 5.97 Å². The highest BCUT2D eigenvalue weighted by Crippen LogP contribution is 2.55. The van der Waals surface area contributed by atoms with Gasteiger partial charge in [0.05, 0.1) is 31.3 Å². The number of rotatable bonds is 0. The number of aliphatic hydroxyl groups is 1. The molecule has 1 unspecified atom stereocenters. The molecule has 0 radical (unpaired) electrons. The fourth-order valence-electron chi connectivity index (χ4n) is 3.29. The van der Waals surface area contributed by atoms with Gasteiger partial charge in [0, 0.05) is 0 Å². The van der Waals surface area contributed by atoms with E-state index in [9.17, 15) is 5.11 Å². The molecule has 3 rings (SSSR count). The van der Waals surface area contributed by atoms with Gasteiger partial charge in [0.2, 0.25) is 0 Å². The summed E-state index contributed by atoms with van der Waals surface area (Å²) in [5.74, 6) is -0.831. The molecule has 3 aliphatic heterocycles. The summed E-state index contributed by atoms with van der Waals surface area (Å²) < 4.78 is 17.2. The van der Waals surface area contributed by atoms with Crippen molar-refractivity contribution in [3.63, 3.8) is 0 Å². The van der Waals surface area contributed by atoms with Gasteiger partial charge >= 0.3 is 0 Å². The van der Waals surface area contributed by atoms with Crippen molar-refractivity contribution in [2.45, 2.75) is 44.2 Å². The normalized spacial score (nSPS) is 50.6. The zero-order valence-corrected chi connectivity index (χ0v) is 8.91. The van der Waals surface area contributed by atoms with E-state index in [0.29, 0.717) is 19.8 Å². The number of ether oxygens (including phenoxy) is 3. The van der Waals surface area contributed by atoms with Gasteiger partial charge in [-0.1, -0.05) is 0 Å². The van der Waals surface area contributed by atoms with E-state index in [2.05, 4.69) is 0 Å². The second kappa shape index (κ2) is 3.42. The summed E-state index contributed by atoms with van der Waals surface area (Å²) in [6.45, 7) is 1.75. The van der Waals surface area contributed by atoms with Crippen LogP contribution in [0.25, 0.3) is 0 Å². The van der Waals surface area contributed by atoms with Crippen LogP contribution in [0.1, 0.15) is 32.1 Å². The molecule has 15 heavy (non-hydrogen) atoms. The van der Waals surface area contributed by atoms with Crippen LogP contribution in [0, 0.1) is 5.41 Å². The molecule has 4 nitrogen and oxygen atoms in total. The van der Waals surface area contributed by atoms with Gasteiger partial charge in [0.1, 0.15) is 0 Å². The first-order chi connectivity index (χ1) is 7.27. The minimum absolute atomic E-state index is 0.0961. The fourth-order valence-corrected chi connectivity index (χ4v) is 3.29. The molecule has 4 heteroatoms. The predicted molar refractivity (Wildman–Crippen MR) is 52.1 cm³/mol. The van der Waals surface area contributed by atoms with Crippen LogP contribution in [0.2, 0.25) is 0 Å². The van der Waals surface area contributed by atoms with Gasteiger partial charge in [0.15, 0.2) is 0 Å². The number of hydrogen-bond donors (Lipinski definition) is 1. The zero-order chi connectivity index (χ0) is 10.4. The van der Waals surface area contributed by atoms with Crippen LogP contribution < -0.4 is 0 Å². The maximum absolute atomic E-state index is 9.74. The summed E-state index contributed by atoms with van der Waals surface area (Å²) in [6.07, 6.45) is 4.57. The Morgan fingerprint density at radius 1 is 1.00 bits per heavy atom. The average molecular weight is 214 g/mol. The van der Waals surface area contributed by atoms with Gasteiger partial charge < -0.3 is 19.3 Å². The second-order valence-electron chi connectivity index (χ2n) is 4.91. The lowest BCUT2D eigenvalue weighted by Gasteiger charge is -2.57. The Labute approximate surface area is 89.5 Å². The largest absolute Gasteiger partial charge is 0.391 e. The monoisotopic (exact) mass is 214 g/mol. The van der Waals surface area contributed by atoms with Gasteiger partial charge in [-0.05, 0) is 32.1 Å². The smallest absolute Gasteiger partial charge is 0.289 e. The number of hydrogen-bond acceptors (Lipinski definition) is 4. The molecule has 86 valence electrons. The van der Waals surface area contributed by atoms with Crippen molar-refractivity contribution in [2.75, 3.05) is 19.8 Å². The maximum Gasteiger partial charge on any atom is 0.289 e. The molecule has 1 atom stereocenters. The van der Waals surface area contributed by atoms with Gasteiger partial charge in [-0.2, -0.15) is 0 Å². The second-order valence-corrected chi connectivity index (χ2v) is 4.91. The van der Waals surface area contributed by atoms with E-state index >= 15 is 0 Å². The molecule has 0 amide bonds. The molecule has 0 spiro atoms. The lowest BCUT2D eigenvalue weighted by Crippen LogP contribution is -2.64. The molecule has 0 aromatic rings. The molecule has 0 aromatic carbocycles. The van der Waals surface area contributed by atoms with Crippen LogP contribution >= 0.6 is 0 Å². The van der Waals surface area contributed by atoms with E-state index in [1.807, 2.05) is 0 Å². The third-order valence-corrected chi connectivity index (χ3v) is 3.93. The molecule has 3 fully saturated rings. The number of aliphatic hydroxyl groups excluding tert-OH is 1. The molecule has 0 saturated carbocycles. The van der Waals surface area contributed by atoms with E-state index in [-0.39, 0.29) is 11.5 Å². The van der Waals surface area contributed by atoms with Crippen molar-refractivity contribution < 1.29 is 19.3 Å². The molecule has 3 heterocycles. The van der Waals surface area contributed by atoms with Gasteiger partial charge in [-0.25, -0.2) is 0 Å².